The van der Waals surface area contributed by atoms with Crippen molar-refractivity contribution in [3.05, 3.63) is 0 Å². The molecule has 6 heteroatoms. The van der Waals surface area contributed by atoms with E-state index in [2.05, 4.69) is 9.47 Å². The number of hydrogen-bond acceptors (Lipinski definition) is 5. The van der Waals surface area contributed by atoms with Crippen molar-refractivity contribution < 1.29 is 23.9 Å². The molecule has 0 aromatic rings. The summed E-state index contributed by atoms with van der Waals surface area (Å²) in [4.78, 5) is 32.3. The Morgan fingerprint density at radius 1 is 1.00 bits per heavy atom. The zero-order valence-electron chi connectivity index (χ0n) is 8.66. The number of ether oxygens (including phenoxy) is 2. The summed E-state index contributed by atoms with van der Waals surface area (Å²) in [5.41, 5.74) is 0. The summed E-state index contributed by atoms with van der Waals surface area (Å²) in [6.45, 7) is 3.50. The molecule has 0 aromatic heterocycles. The minimum atomic E-state index is -0.990. The van der Waals surface area contributed by atoms with Crippen LogP contribution in [-0.4, -0.2) is 60.5 Å². The van der Waals surface area contributed by atoms with Crippen LogP contribution < -0.4 is 0 Å². The molecule has 0 rings (SSSR count). The van der Waals surface area contributed by atoms with Crippen LogP contribution >= 0.6 is 0 Å². The Morgan fingerprint density at radius 3 is 1.93 bits per heavy atom. The van der Waals surface area contributed by atoms with E-state index < -0.39 is 24.1 Å². The fraction of sp³-hybridized carbons (Fsp3) is 0.625. The molecule has 75 valence electrons. The van der Waals surface area contributed by atoms with E-state index in [9.17, 15) is 14.4 Å². The number of hydrogen-bond donors (Lipinski definition) is 0. The average molecular weight is 211 g/mol. The van der Waals surface area contributed by atoms with Gasteiger partial charge in [0.25, 0.3) is 5.78 Å². The molecule has 0 saturated carbocycles. The predicted molar refractivity (Wildman–Crippen MR) is 48.6 cm³/mol. The molecule has 5 nitrogen and oxygen atoms in total. The fourth-order valence-corrected chi connectivity index (χ4v) is 0.627. The Morgan fingerprint density at radius 2 is 1.50 bits per heavy atom. The maximum absolute atomic E-state index is 10.8. The molecule has 0 unspecified atom stereocenters. The number of ketones is 1. The molecular weight excluding hydrogens is 199 g/mol. The van der Waals surface area contributed by atoms with Crippen LogP contribution in [-0.2, 0) is 23.9 Å². The normalized spacial score (nSPS) is 8.43. The molecule has 14 heavy (non-hydrogen) atoms. The zero-order chi connectivity index (χ0) is 10.3. The van der Waals surface area contributed by atoms with Crippen molar-refractivity contribution in [2.45, 2.75) is 20.3 Å². The van der Waals surface area contributed by atoms with E-state index in [0.29, 0.717) is 0 Å². The largest absolute Gasteiger partial charge is 0.466 e. The van der Waals surface area contributed by atoms with Crippen LogP contribution in [0, 0.1) is 0 Å². The Balaban J connectivity index is 0. The van der Waals surface area contributed by atoms with E-state index in [1.54, 1.807) is 13.8 Å². The summed E-state index contributed by atoms with van der Waals surface area (Å²) in [5, 5.41) is 0. The smallest absolute Gasteiger partial charge is 0.375 e. The fourth-order valence-electron chi connectivity index (χ4n) is 0.627. The van der Waals surface area contributed by atoms with Gasteiger partial charge in [-0.3, -0.25) is 9.59 Å². The van der Waals surface area contributed by atoms with E-state index in [0.717, 1.165) is 0 Å². The van der Waals surface area contributed by atoms with Crippen LogP contribution in [0.15, 0.2) is 0 Å². The molecule has 0 amide bonds. The molecule has 1 radical (unpaired) electrons. The second-order valence-corrected chi connectivity index (χ2v) is 2.13. The van der Waals surface area contributed by atoms with Gasteiger partial charge in [-0.2, -0.15) is 0 Å². The molecule has 0 aromatic carbocycles. The molecule has 0 fully saturated rings. The number of esters is 2. The summed E-state index contributed by atoms with van der Waals surface area (Å²) in [6, 6.07) is 0. The third kappa shape index (κ3) is 7.06. The molecule has 0 aliphatic carbocycles. The van der Waals surface area contributed by atoms with E-state index in [1.165, 1.54) is 0 Å². The maximum atomic E-state index is 10.8. The van der Waals surface area contributed by atoms with Gasteiger partial charge in [0.05, 0.1) is 13.2 Å². The first kappa shape index (κ1) is 16.1. The van der Waals surface area contributed by atoms with Crippen LogP contribution in [0.4, 0.5) is 0 Å². The van der Waals surface area contributed by atoms with Crippen LogP contribution in [0.2, 0.25) is 0 Å². The summed E-state index contributed by atoms with van der Waals surface area (Å²) in [6.07, 6.45) is -0.549. The molecule has 0 atom stereocenters. The van der Waals surface area contributed by atoms with Gasteiger partial charge in [0.1, 0.15) is 6.42 Å². The van der Waals surface area contributed by atoms with Crippen molar-refractivity contribution in [1.82, 2.24) is 0 Å². The SMILES string of the molecule is CCOC(=O)CC(=O)C(=O)OCC.[Na]. The Kier molecular flexibility index (Phi) is 10.5. The Hall–Kier alpha value is -0.390. The van der Waals surface area contributed by atoms with E-state index in [-0.39, 0.29) is 42.8 Å². The van der Waals surface area contributed by atoms with Crippen LogP contribution in [0.25, 0.3) is 0 Å². The van der Waals surface area contributed by atoms with Gasteiger partial charge in [0, 0.05) is 29.6 Å². The van der Waals surface area contributed by atoms with Crippen molar-refractivity contribution in [3.63, 3.8) is 0 Å². The molecule has 0 heterocycles. The topological polar surface area (TPSA) is 69.7 Å². The number of Topliss-reactive ketones (excluding diaryl/α,β-unsaturated/α-hetero) is 1. The predicted octanol–water partition coefficient (Wildman–Crippen LogP) is -0.309. The molecule has 0 saturated heterocycles. The summed E-state index contributed by atoms with van der Waals surface area (Å²) in [5.74, 6) is -2.57. The molecule has 0 aliphatic heterocycles. The first-order chi connectivity index (χ1) is 6.11. The van der Waals surface area contributed by atoms with Gasteiger partial charge in [0.15, 0.2) is 0 Å². The Labute approximate surface area is 104 Å². The number of carbonyl (C=O) groups excluding carboxylic acids is 3. The second-order valence-electron chi connectivity index (χ2n) is 2.13. The quantitative estimate of drug-likeness (QED) is 0.270. The van der Waals surface area contributed by atoms with Crippen molar-refractivity contribution in [2.75, 3.05) is 13.2 Å². The van der Waals surface area contributed by atoms with Gasteiger partial charge in [-0.25, -0.2) is 4.79 Å². The van der Waals surface area contributed by atoms with E-state index in [1.807, 2.05) is 0 Å². The van der Waals surface area contributed by atoms with Gasteiger partial charge in [-0.1, -0.05) is 0 Å². The Bertz CT molecular complexity index is 214. The minimum Gasteiger partial charge on any atom is -0.466 e. The van der Waals surface area contributed by atoms with Crippen LogP contribution in [0.3, 0.4) is 0 Å². The standard InChI is InChI=1S/C8H12O5.Na/c1-3-12-7(10)5-6(9)8(11)13-4-2;/h3-5H2,1-2H3;. The van der Waals surface area contributed by atoms with Crippen LogP contribution in [0.1, 0.15) is 20.3 Å². The third-order valence-electron chi connectivity index (χ3n) is 1.11. The summed E-state index contributed by atoms with van der Waals surface area (Å²) >= 11 is 0. The monoisotopic (exact) mass is 211 g/mol. The van der Waals surface area contributed by atoms with Crippen molar-refractivity contribution in [2.24, 2.45) is 0 Å². The van der Waals surface area contributed by atoms with Crippen molar-refractivity contribution in [3.8, 4) is 0 Å². The third-order valence-corrected chi connectivity index (χ3v) is 1.11. The first-order valence-corrected chi connectivity index (χ1v) is 3.97. The number of rotatable bonds is 5. The van der Waals surface area contributed by atoms with E-state index in [4.69, 9.17) is 0 Å². The minimum absolute atomic E-state index is 0. The van der Waals surface area contributed by atoms with Gasteiger partial charge in [-0.05, 0) is 13.8 Å². The van der Waals surface area contributed by atoms with Crippen LogP contribution in [0.5, 0.6) is 0 Å². The van der Waals surface area contributed by atoms with Gasteiger partial charge < -0.3 is 9.47 Å². The maximum Gasteiger partial charge on any atom is 0.375 e. The molecular formula is C8H12NaO5. The average Bonchev–Trinajstić information content (AvgIpc) is 2.05. The van der Waals surface area contributed by atoms with Gasteiger partial charge in [-0.15, -0.1) is 0 Å². The van der Waals surface area contributed by atoms with Crippen molar-refractivity contribution in [1.29, 1.82) is 0 Å². The molecule has 0 aliphatic rings. The van der Waals surface area contributed by atoms with Gasteiger partial charge >= 0.3 is 11.9 Å². The summed E-state index contributed by atoms with van der Waals surface area (Å²) in [7, 11) is 0. The molecule has 0 N–H and O–H groups in total. The zero-order valence-corrected chi connectivity index (χ0v) is 10.7. The van der Waals surface area contributed by atoms with Gasteiger partial charge in [0.2, 0.25) is 0 Å². The first-order valence-electron chi connectivity index (χ1n) is 3.97. The number of carbonyl (C=O) groups is 3. The second kappa shape index (κ2) is 9.18. The van der Waals surface area contributed by atoms with Crippen molar-refractivity contribution >= 4 is 47.3 Å². The molecule has 0 spiro atoms. The summed E-state index contributed by atoms with van der Waals surface area (Å²) < 4.78 is 8.86. The van der Waals surface area contributed by atoms with E-state index >= 15 is 0 Å². The molecule has 0 bridgehead atoms.